The smallest absolute Gasteiger partial charge is 0.354 e. The van der Waals surface area contributed by atoms with Gasteiger partial charge in [-0.2, -0.15) is 0 Å². The zero-order valence-corrected chi connectivity index (χ0v) is 10.9. The molecule has 0 spiro atoms. The van der Waals surface area contributed by atoms with Gasteiger partial charge in [-0.3, -0.25) is 4.79 Å². The van der Waals surface area contributed by atoms with Crippen molar-refractivity contribution in [2.45, 2.75) is 6.92 Å². The number of benzene rings is 1. The maximum atomic E-state index is 13.8. The number of nitrogens with one attached hydrogen (secondary N) is 1. The second-order valence-electron chi connectivity index (χ2n) is 4.22. The molecule has 108 valence electrons. The largest absolute Gasteiger partial charge is 0.477 e. The molecule has 1 heterocycles. The number of anilines is 1. The number of carbonyl (C=O) groups is 2. The van der Waals surface area contributed by atoms with Gasteiger partial charge in [0.15, 0.2) is 5.69 Å². The summed E-state index contributed by atoms with van der Waals surface area (Å²) in [5.74, 6) is -4.41. The number of halogens is 2. The van der Waals surface area contributed by atoms with Gasteiger partial charge in [0.2, 0.25) is 0 Å². The minimum absolute atomic E-state index is 0.111. The predicted molar refractivity (Wildman–Crippen MR) is 70.2 cm³/mol. The van der Waals surface area contributed by atoms with E-state index >= 15 is 0 Å². The van der Waals surface area contributed by atoms with Crippen LogP contribution in [0.25, 0.3) is 0 Å². The van der Waals surface area contributed by atoms with E-state index in [1.54, 1.807) is 0 Å². The van der Waals surface area contributed by atoms with Crippen LogP contribution < -0.4 is 5.32 Å². The minimum Gasteiger partial charge on any atom is -0.477 e. The first-order valence-corrected chi connectivity index (χ1v) is 5.86. The third-order valence-corrected chi connectivity index (χ3v) is 2.72. The summed E-state index contributed by atoms with van der Waals surface area (Å²) in [7, 11) is 0. The number of carbonyl (C=O) groups excluding carboxylic acids is 1. The van der Waals surface area contributed by atoms with Crippen molar-refractivity contribution in [1.29, 1.82) is 0 Å². The molecule has 2 N–H and O–H groups in total. The Morgan fingerprint density at radius 2 is 1.90 bits per heavy atom. The quantitative estimate of drug-likeness (QED) is 0.911. The van der Waals surface area contributed by atoms with E-state index in [0.717, 1.165) is 6.07 Å². The molecule has 1 aromatic heterocycles. The highest BCUT2D eigenvalue weighted by atomic mass is 19.1. The van der Waals surface area contributed by atoms with Crippen LogP contribution >= 0.6 is 0 Å². The number of rotatable bonds is 3. The van der Waals surface area contributed by atoms with E-state index in [0.29, 0.717) is 0 Å². The summed E-state index contributed by atoms with van der Waals surface area (Å²) in [5.41, 5.74) is -0.913. The topological polar surface area (TPSA) is 79.3 Å². The van der Waals surface area contributed by atoms with Crippen molar-refractivity contribution in [2.24, 2.45) is 0 Å². The summed E-state index contributed by atoms with van der Waals surface area (Å²) >= 11 is 0. The van der Waals surface area contributed by atoms with Crippen LogP contribution in [0.2, 0.25) is 0 Å². The Morgan fingerprint density at radius 1 is 1.19 bits per heavy atom. The van der Waals surface area contributed by atoms with Crippen molar-refractivity contribution in [3.8, 4) is 0 Å². The number of nitrogens with zero attached hydrogens (tertiary/aromatic N) is 1. The summed E-state index contributed by atoms with van der Waals surface area (Å²) in [4.78, 5) is 26.3. The van der Waals surface area contributed by atoms with Crippen molar-refractivity contribution in [1.82, 2.24) is 4.98 Å². The lowest BCUT2D eigenvalue weighted by Gasteiger charge is -2.08. The summed E-state index contributed by atoms with van der Waals surface area (Å²) in [6.07, 6.45) is 0. The minimum atomic E-state index is -1.28. The van der Waals surface area contributed by atoms with Gasteiger partial charge in [-0.15, -0.1) is 0 Å². The monoisotopic (exact) mass is 292 g/mol. The molecule has 0 bridgehead atoms. The summed E-state index contributed by atoms with van der Waals surface area (Å²) in [6, 6.07) is 6.09. The molecule has 21 heavy (non-hydrogen) atoms. The zero-order chi connectivity index (χ0) is 15.6. The fourth-order valence-electron chi connectivity index (χ4n) is 1.67. The number of carboxylic acids is 1. The number of hydrogen-bond donors (Lipinski definition) is 2. The molecule has 0 radical (unpaired) electrons. The Labute approximate surface area is 118 Å². The molecule has 5 nitrogen and oxygen atoms in total. The lowest BCUT2D eigenvalue weighted by molar-refractivity contribution is 0.0690. The first-order valence-electron chi connectivity index (χ1n) is 5.86. The zero-order valence-electron chi connectivity index (χ0n) is 10.9. The van der Waals surface area contributed by atoms with Crippen LogP contribution in [0.15, 0.2) is 30.3 Å². The molecule has 0 aliphatic heterocycles. The molecule has 0 saturated heterocycles. The van der Waals surface area contributed by atoms with Crippen LogP contribution in [-0.2, 0) is 0 Å². The Hall–Kier alpha value is -2.83. The van der Waals surface area contributed by atoms with Crippen LogP contribution in [0.5, 0.6) is 0 Å². The second kappa shape index (κ2) is 5.66. The maximum Gasteiger partial charge on any atom is 0.354 e. The Balaban J connectivity index is 2.33. The molecular weight excluding hydrogens is 282 g/mol. The molecule has 2 rings (SSSR count). The molecule has 7 heteroatoms. The Morgan fingerprint density at radius 3 is 2.57 bits per heavy atom. The van der Waals surface area contributed by atoms with Gasteiger partial charge in [0.25, 0.3) is 5.91 Å². The number of carboxylic acid groups (broad SMARTS) is 1. The Kier molecular flexibility index (Phi) is 3.93. The van der Waals surface area contributed by atoms with Crippen molar-refractivity contribution in [2.75, 3.05) is 5.32 Å². The van der Waals surface area contributed by atoms with Crippen molar-refractivity contribution in [3.05, 3.63) is 58.8 Å². The van der Waals surface area contributed by atoms with Crippen LogP contribution in [0.3, 0.4) is 0 Å². The van der Waals surface area contributed by atoms with E-state index in [2.05, 4.69) is 10.3 Å². The van der Waals surface area contributed by atoms with E-state index in [1.165, 1.54) is 31.2 Å². The molecule has 1 aromatic carbocycles. The lowest BCUT2D eigenvalue weighted by Crippen LogP contribution is -2.18. The summed E-state index contributed by atoms with van der Waals surface area (Å²) in [6.45, 7) is 1.40. The van der Waals surface area contributed by atoms with E-state index in [1.807, 2.05) is 0 Å². The average Bonchev–Trinajstić information content (AvgIpc) is 2.43. The molecule has 0 aliphatic rings. The number of aryl methyl sites for hydroxylation is 1. The van der Waals surface area contributed by atoms with Crippen molar-refractivity contribution in [3.63, 3.8) is 0 Å². The molecule has 0 fully saturated rings. The van der Waals surface area contributed by atoms with Gasteiger partial charge in [-0.1, -0.05) is 12.1 Å². The predicted octanol–water partition coefficient (Wildman–Crippen LogP) is 2.62. The normalized spacial score (nSPS) is 10.2. The highest BCUT2D eigenvalue weighted by Gasteiger charge is 2.19. The summed E-state index contributed by atoms with van der Waals surface area (Å²) < 4.78 is 27.4. The van der Waals surface area contributed by atoms with Crippen LogP contribution in [0.4, 0.5) is 14.6 Å². The van der Waals surface area contributed by atoms with Gasteiger partial charge in [-0.05, 0) is 30.7 Å². The molecule has 0 saturated carbocycles. The van der Waals surface area contributed by atoms with Crippen molar-refractivity contribution >= 4 is 17.7 Å². The number of pyridine rings is 1. The lowest BCUT2D eigenvalue weighted by atomic mass is 10.1. The third-order valence-electron chi connectivity index (χ3n) is 2.72. The highest BCUT2D eigenvalue weighted by Crippen LogP contribution is 2.18. The SMILES string of the molecule is Cc1ccc(F)c(C(=O)Nc2cccc(C(=O)O)n2)c1F. The summed E-state index contributed by atoms with van der Waals surface area (Å²) in [5, 5.41) is 11.0. The van der Waals surface area contributed by atoms with Gasteiger partial charge in [0.05, 0.1) is 0 Å². The van der Waals surface area contributed by atoms with Gasteiger partial charge < -0.3 is 10.4 Å². The molecular formula is C14H10F2N2O3. The van der Waals surface area contributed by atoms with Gasteiger partial charge in [-0.25, -0.2) is 18.6 Å². The number of amides is 1. The first kappa shape index (κ1) is 14.6. The van der Waals surface area contributed by atoms with Crippen LogP contribution in [0.1, 0.15) is 26.4 Å². The van der Waals surface area contributed by atoms with Gasteiger partial charge in [0, 0.05) is 0 Å². The fourth-order valence-corrected chi connectivity index (χ4v) is 1.67. The van der Waals surface area contributed by atoms with Crippen LogP contribution in [-0.4, -0.2) is 22.0 Å². The van der Waals surface area contributed by atoms with Gasteiger partial charge >= 0.3 is 5.97 Å². The highest BCUT2D eigenvalue weighted by molar-refractivity contribution is 6.04. The maximum absolute atomic E-state index is 13.8. The number of aromatic nitrogens is 1. The molecule has 0 atom stereocenters. The standard InChI is InChI=1S/C14H10F2N2O3/c1-7-5-6-8(15)11(12(7)16)13(19)18-10-4-2-3-9(17-10)14(20)21/h2-6H,1H3,(H,20,21)(H,17,18,19). The fraction of sp³-hybridized carbons (Fsp3) is 0.0714. The molecule has 2 aromatic rings. The first-order chi connectivity index (χ1) is 9.90. The molecule has 0 aliphatic carbocycles. The molecule has 1 amide bonds. The van der Waals surface area contributed by atoms with E-state index in [4.69, 9.17) is 5.11 Å². The van der Waals surface area contributed by atoms with E-state index in [9.17, 15) is 18.4 Å². The van der Waals surface area contributed by atoms with Crippen molar-refractivity contribution < 1.29 is 23.5 Å². The van der Waals surface area contributed by atoms with Gasteiger partial charge in [0.1, 0.15) is 23.0 Å². The average molecular weight is 292 g/mol. The molecule has 0 unspecified atom stereocenters. The van der Waals surface area contributed by atoms with Crippen LogP contribution in [0, 0.1) is 18.6 Å². The van der Waals surface area contributed by atoms with E-state index < -0.39 is 29.1 Å². The number of hydrogen-bond acceptors (Lipinski definition) is 3. The number of aromatic carboxylic acids is 1. The second-order valence-corrected chi connectivity index (χ2v) is 4.22. The Bertz CT molecular complexity index is 732. The van der Waals surface area contributed by atoms with E-state index in [-0.39, 0.29) is 17.1 Å². The third kappa shape index (κ3) is 3.02.